The highest BCUT2D eigenvalue weighted by atomic mass is 35.5. The zero-order chi connectivity index (χ0) is 18.4. The SMILES string of the molecule is CCOC(=O)N1CCC(NC(=O)C(=O)Nc2cc(Cl)ccc2Cl)CC1. The molecule has 1 aliphatic rings. The van der Waals surface area contributed by atoms with Gasteiger partial charge in [0.05, 0.1) is 17.3 Å². The molecule has 1 heterocycles. The molecule has 0 unspecified atom stereocenters. The van der Waals surface area contributed by atoms with Gasteiger partial charge in [-0.25, -0.2) is 4.79 Å². The third kappa shape index (κ3) is 5.51. The Kier molecular flexibility index (Phi) is 6.90. The summed E-state index contributed by atoms with van der Waals surface area (Å²) in [5, 5.41) is 5.77. The van der Waals surface area contributed by atoms with E-state index in [2.05, 4.69) is 10.6 Å². The monoisotopic (exact) mass is 387 g/mol. The number of rotatable bonds is 3. The number of amides is 3. The third-order valence-corrected chi connectivity index (χ3v) is 4.30. The lowest BCUT2D eigenvalue weighted by Gasteiger charge is -2.31. The Bertz CT molecular complexity index is 661. The van der Waals surface area contributed by atoms with E-state index in [1.165, 1.54) is 12.1 Å². The van der Waals surface area contributed by atoms with Gasteiger partial charge in [0.25, 0.3) is 0 Å². The van der Waals surface area contributed by atoms with Crippen LogP contribution in [0.3, 0.4) is 0 Å². The molecule has 1 fully saturated rings. The molecule has 0 bridgehead atoms. The summed E-state index contributed by atoms with van der Waals surface area (Å²) in [7, 11) is 0. The molecule has 1 aromatic carbocycles. The molecule has 136 valence electrons. The number of anilines is 1. The highest BCUT2D eigenvalue weighted by Gasteiger charge is 2.26. The van der Waals surface area contributed by atoms with Gasteiger partial charge in [0.1, 0.15) is 0 Å². The van der Waals surface area contributed by atoms with Crippen LogP contribution in [0, 0.1) is 0 Å². The van der Waals surface area contributed by atoms with Crippen molar-refractivity contribution in [3.63, 3.8) is 0 Å². The number of carbonyl (C=O) groups excluding carboxylic acids is 3. The fourth-order valence-electron chi connectivity index (χ4n) is 2.44. The van der Waals surface area contributed by atoms with Gasteiger partial charge < -0.3 is 20.3 Å². The lowest BCUT2D eigenvalue weighted by molar-refractivity contribution is -0.136. The van der Waals surface area contributed by atoms with E-state index in [1.807, 2.05) is 0 Å². The van der Waals surface area contributed by atoms with Gasteiger partial charge in [0, 0.05) is 24.2 Å². The fourth-order valence-corrected chi connectivity index (χ4v) is 2.78. The maximum atomic E-state index is 12.0. The molecule has 25 heavy (non-hydrogen) atoms. The van der Waals surface area contributed by atoms with Crippen molar-refractivity contribution in [3.8, 4) is 0 Å². The lowest BCUT2D eigenvalue weighted by atomic mass is 10.1. The first-order valence-corrected chi connectivity index (χ1v) is 8.65. The van der Waals surface area contributed by atoms with Crippen LogP contribution in [0.5, 0.6) is 0 Å². The fraction of sp³-hybridized carbons (Fsp3) is 0.438. The van der Waals surface area contributed by atoms with Crippen molar-refractivity contribution < 1.29 is 19.1 Å². The highest BCUT2D eigenvalue weighted by Crippen LogP contribution is 2.25. The van der Waals surface area contributed by atoms with Gasteiger partial charge in [-0.2, -0.15) is 0 Å². The molecule has 3 amide bonds. The summed E-state index contributed by atoms with van der Waals surface area (Å²) < 4.78 is 4.94. The number of piperidine rings is 1. The molecule has 7 nitrogen and oxygen atoms in total. The van der Waals surface area contributed by atoms with Crippen molar-refractivity contribution >= 4 is 46.8 Å². The molecule has 2 N–H and O–H groups in total. The molecule has 0 saturated carbocycles. The predicted octanol–water partition coefficient (Wildman–Crippen LogP) is 2.67. The number of hydrogen-bond acceptors (Lipinski definition) is 4. The van der Waals surface area contributed by atoms with Crippen LogP contribution >= 0.6 is 23.2 Å². The predicted molar refractivity (Wildman–Crippen MR) is 94.9 cm³/mol. The number of nitrogens with zero attached hydrogens (tertiary/aromatic N) is 1. The van der Waals surface area contributed by atoms with Crippen LogP contribution in [-0.2, 0) is 14.3 Å². The molecule has 0 spiro atoms. The normalized spacial score (nSPS) is 14.8. The quantitative estimate of drug-likeness (QED) is 0.780. The van der Waals surface area contributed by atoms with E-state index in [9.17, 15) is 14.4 Å². The van der Waals surface area contributed by atoms with Gasteiger partial charge in [-0.3, -0.25) is 9.59 Å². The molecule has 0 radical (unpaired) electrons. The van der Waals surface area contributed by atoms with Gasteiger partial charge in [0.2, 0.25) is 0 Å². The van der Waals surface area contributed by atoms with Gasteiger partial charge in [0.15, 0.2) is 0 Å². The summed E-state index contributed by atoms with van der Waals surface area (Å²) in [6.45, 7) is 2.99. The third-order valence-electron chi connectivity index (χ3n) is 3.74. The van der Waals surface area contributed by atoms with Crippen LogP contribution in [0.15, 0.2) is 18.2 Å². The molecule has 9 heteroatoms. The summed E-state index contributed by atoms with van der Waals surface area (Å²) in [5.74, 6) is -1.58. The molecule has 1 aromatic rings. The first-order valence-electron chi connectivity index (χ1n) is 7.89. The topological polar surface area (TPSA) is 87.7 Å². The average Bonchev–Trinajstić information content (AvgIpc) is 2.59. The number of benzene rings is 1. The van der Waals surface area contributed by atoms with Gasteiger partial charge in [-0.05, 0) is 38.0 Å². The Morgan fingerprint density at radius 2 is 1.88 bits per heavy atom. The summed E-state index contributed by atoms with van der Waals surface area (Å²) in [6.07, 6.45) is 0.742. The summed E-state index contributed by atoms with van der Waals surface area (Å²) in [4.78, 5) is 37.2. The van der Waals surface area contributed by atoms with Crippen molar-refractivity contribution in [2.75, 3.05) is 25.0 Å². The van der Waals surface area contributed by atoms with Crippen LogP contribution in [0.1, 0.15) is 19.8 Å². The van der Waals surface area contributed by atoms with Crippen molar-refractivity contribution in [1.29, 1.82) is 0 Å². The Morgan fingerprint density at radius 3 is 2.52 bits per heavy atom. The van der Waals surface area contributed by atoms with Gasteiger partial charge >= 0.3 is 17.9 Å². The van der Waals surface area contributed by atoms with Crippen molar-refractivity contribution in [2.24, 2.45) is 0 Å². The van der Waals surface area contributed by atoms with E-state index < -0.39 is 11.8 Å². The first kappa shape index (κ1) is 19.3. The van der Waals surface area contributed by atoms with Crippen LogP contribution in [0.2, 0.25) is 10.0 Å². The summed E-state index contributed by atoms with van der Waals surface area (Å²) >= 11 is 11.8. The molecular weight excluding hydrogens is 369 g/mol. The molecule has 0 aliphatic carbocycles. The summed E-state index contributed by atoms with van der Waals surface area (Å²) in [6, 6.07) is 4.39. The van der Waals surface area contributed by atoms with Crippen LogP contribution < -0.4 is 10.6 Å². The zero-order valence-corrected chi connectivity index (χ0v) is 15.2. The Morgan fingerprint density at radius 1 is 1.20 bits per heavy atom. The smallest absolute Gasteiger partial charge is 0.409 e. The Balaban J connectivity index is 1.83. The second kappa shape index (κ2) is 8.92. The van der Waals surface area contributed by atoms with Crippen LogP contribution in [-0.4, -0.2) is 48.5 Å². The van der Waals surface area contributed by atoms with Gasteiger partial charge in [-0.15, -0.1) is 0 Å². The van der Waals surface area contributed by atoms with Gasteiger partial charge in [-0.1, -0.05) is 23.2 Å². The molecule has 2 rings (SSSR count). The first-order chi connectivity index (χ1) is 11.9. The molecule has 1 aliphatic heterocycles. The van der Waals surface area contributed by atoms with E-state index >= 15 is 0 Å². The molecule has 0 atom stereocenters. The number of likely N-dealkylation sites (tertiary alicyclic amines) is 1. The summed E-state index contributed by atoms with van der Waals surface area (Å²) in [5.41, 5.74) is 0.270. The number of hydrogen-bond donors (Lipinski definition) is 2. The molecule has 1 saturated heterocycles. The lowest BCUT2D eigenvalue weighted by Crippen LogP contribution is -2.49. The molecule has 0 aromatic heterocycles. The van der Waals surface area contributed by atoms with E-state index in [1.54, 1.807) is 17.9 Å². The van der Waals surface area contributed by atoms with Crippen molar-refractivity contribution in [2.45, 2.75) is 25.8 Å². The minimum atomic E-state index is -0.822. The van der Waals surface area contributed by atoms with Crippen molar-refractivity contribution in [3.05, 3.63) is 28.2 Å². The van der Waals surface area contributed by atoms with E-state index in [4.69, 9.17) is 27.9 Å². The number of carbonyl (C=O) groups is 3. The van der Waals surface area contributed by atoms with Crippen molar-refractivity contribution in [1.82, 2.24) is 10.2 Å². The van der Waals surface area contributed by atoms with E-state index in [0.717, 1.165) is 0 Å². The highest BCUT2D eigenvalue weighted by molar-refractivity contribution is 6.42. The van der Waals surface area contributed by atoms with E-state index in [-0.39, 0.29) is 22.8 Å². The van der Waals surface area contributed by atoms with Crippen LogP contribution in [0.25, 0.3) is 0 Å². The maximum Gasteiger partial charge on any atom is 0.409 e. The number of halogens is 2. The minimum Gasteiger partial charge on any atom is -0.450 e. The number of ether oxygens (including phenoxy) is 1. The number of nitrogens with one attached hydrogen (secondary N) is 2. The minimum absolute atomic E-state index is 0.182. The Labute approximate surface area is 155 Å². The standard InChI is InChI=1S/C16H19Cl2N3O4/c1-2-25-16(24)21-7-5-11(6-8-21)19-14(22)15(23)20-13-9-10(17)3-4-12(13)18/h3-4,9,11H,2,5-8H2,1H3,(H,19,22)(H,20,23). The largest absolute Gasteiger partial charge is 0.450 e. The molecular formula is C16H19Cl2N3O4. The Hall–Kier alpha value is -1.99. The zero-order valence-electron chi connectivity index (χ0n) is 13.7. The maximum absolute atomic E-state index is 12.0. The average molecular weight is 388 g/mol. The second-order valence-corrected chi connectivity index (χ2v) is 6.36. The second-order valence-electron chi connectivity index (χ2n) is 5.51. The van der Waals surface area contributed by atoms with E-state index in [0.29, 0.717) is 37.6 Å². The van der Waals surface area contributed by atoms with Crippen LogP contribution in [0.4, 0.5) is 10.5 Å².